The number of aromatic nitrogens is 4. The zero-order valence-corrected chi connectivity index (χ0v) is 15.2. The lowest BCUT2D eigenvalue weighted by Crippen LogP contribution is -2.24. The molecule has 0 fully saturated rings. The van der Waals surface area contributed by atoms with Crippen LogP contribution in [0, 0.1) is 0 Å². The van der Waals surface area contributed by atoms with Crippen LogP contribution in [0.2, 0.25) is 0 Å². The van der Waals surface area contributed by atoms with Crippen LogP contribution in [0.15, 0.2) is 53.8 Å². The molecule has 0 atom stereocenters. The van der Waals surface area contributed by atoms with Gasteiger partial charge in [0.05, 0.1) is 5.75 Å². The molecule has 3 aromatic rings. The van der Waals surface area contributed by atoms with E-state index >= 15 is 0 Å². The van der Waals surface area contributed by atoms with Gasteiger partial charge in [-0.3, -0.25) is 4.79 Å². The van der Waals surface area contributed by atoms with Gasteiger partial charge in [0, 0.05) is 39.0 Å². The number of nitrogens with zero attached hydrogens (tertiary/aromatic N) is 4. The highest BCUT2D eigenvalue weighted by Gasteiger charge is 2.12. The highest BCUT2D eigenvalue weighted by molar-refractivity contribution is 7.99. The fraction of sp³-hybridized carbons (Fsp3) is 0.278. The topological polar surface area (TPSA) is 64.7 Å². The molecule has 0 bridgehead atoms. The molecule has 2 heterocycles. The minimum Gasteiger partial charge on any atom is -0.354 e. The van der Waals surface area contributed by atoms with Gasteiger partial charge in [0.2, 0.25) is 5.91 Å². The van der Waals surface area contributed by atoms with E-state index in [1.165, 1.54) is 17.5 Å². The first-order chi connectivity index (χ1) is 12.1. The first-order valence-electron chi connectivity index (χ1n) is 8.05. The Kier molecular flexibility index (Phi) is 5.55. The molecule has 0 saturated carbocycles. The summed E-state index contributed by atoms with van der Waals surface area (Å²) in [6, 6.07) is 13.9. The highest BCUT2D eigenvalue weighted by Crippen LogP contribution is 2.17. The monoisotopic (exact) mass is 355 g/mol. The van der Waals surface area contributed by atoms with Gasteiger partial charge in [0.15, 0.2) is 5.16 Å². The summed E-state index contributed by atoms with van der Waals surface area (Å²) in [4.78, 5) is 12.0. The number of carbonyl (C=O) groups excluding carboxylic acids is 1. The van der Waals surface area contributed by atoms with E-state index in [9.17, 15) is 4.79 Å². The number of hydrogen-bond acceptors (Lipinski definition) is 4. The van der Waals surface area contributed by atoms with E-state index in [0.717, 1.165) is 16.5 Å². The minimum atomic E-state index is -0.0131. The van der Waals surface area contributed by atoms with E-state index in [2.05, 4.69) is 26.1 Å². The lowest BCUT2D eigenvalue weighted by Gasteiger charge is -2.06. The maximum absolute atomic E-state index is 12.0. The molecule has 0 radical (unpaired) electrons. The average Bonchev–Trinajstić information content (AvgIpc) is 3.19. The molecule has 6 nitrogen and oxygen atoms in total. The Morgan fingerprint density at radius 1 is 1.12 bits per heavy atom. The summed E-state index contributed by atoms with van der Waals surface area (Å²) in [6.07, 6.45) is 2.73. The van der Waals surface area contributed by atoms with Crippen LogP contribution in [0.5, 0.6) is 0 Å². The lowest BCUT2D eigenvalue weighted by atomic mass is 10.2. The lowest BCUT2D eigenvalue weighted by molar-refractivity contribution is -0.118. The van der Waals surface area contributed by atoms with Gasteiger partial charge in [0.25, 0.3) is 0 Å². The maximum atomic E-state index is 12.0. The first-order valence-corrected chi connectivity index (χ1v) is 9.04. The number of benzene rings is 1. The normalized spacial score (nSPS) is 10.8. The number of hydrogen-bond donors (Lipinski definition) is 1. The van der Waals surface area contributed by atoms with E-state index in [-0.39, 0.29) is 5.91 Å². The Balaban J connectivity index is 1.51. The van der Waals surface area contributed by atoms with Crippen molar-refractivity contribution in [1.29, 1.82) is 0 Å². The molecule has 0 saturated heterocycles. The van der Waals surface area contributed by atoms with Crippen LogP contribution in [-0.4, -0.2) is 31.0 Å². The summed E-state index contributed by atoms with van der Waals surface area (Å²) in [5.74, 6) is 1.19. The summed E-state index contributed by atoms with van der Waals surface area (Å²) in [7, 11) is 3.95. The summed E-state index contributed by atoms with van der Waals surface area (Å²) in [5.41, 5.74) is 2.26. The zero-order valence-electron chi connectivity index (χ0n) is 14.3. The number of amides is 1. The second kappa shape index (κ2) is 8.02. The number of rotatable bonds is 7. The number of aryl methyl sites for hydroxylation is 1. The molecule has 2 aromatic heterocycles. The summed E-state index contributed by atoms with van der Waals surface area (Å²) in [5, 5.41) is 12.1. The predicted octanol–water partition coefficient (Wildman–Crippen LogP) is 2.15. The molecule has 1 N–H and O–H groups in total. The highest BCUT2D eigenvalue weighted by atomic mass is 32.2. The Labute approximate surface area is 151 Å². The van der Waals surface area contributed by atoms with Crippen molar-refractivity contribution in [2.75, 3.05) is 5.75 Å². The molecule has 25 heavy (non-hydrogen) atoms. The second-order valence-electron chi connectivity index (χ2n) is 5.80. The van der Waals surface area contributed by atoms with E-state index in [1.54, 1.807) is 0 Å². The minimum absolute atomic E-state index is 0.0131. The van der Waals surface area contributed by atoms with Crippen LogP contribution in [0.4, 0.5) is 0 Å². The predicted molar refractivity (Wildman–Crippen MR) is 98.2 cm³/mol. The maximum Gasteiger partial charge on any atom is 0.230 e. The van der Waals surface area contributed by atoms with Gasteiger partial charge in [0.1, 0.15) is 5.82 Å². The van der Waals surface area contributed by atoms with Crippen LogP contribution < -0.4 is 5.32 Å². The van der Waals surface area contributed by atoms with Crippen molar-refractivity contribution in [1.82, 2.24) is 24.6 Å². The van der Waals surface area contributed by atoms with Crippen molar-refractivity contribution < 1.29 is 4.79 Å². The summed E-state index contributed by atoms with van der Waals surface area (Å²) >= 11 is 1.40. The third-order valence-electron chi connectivity index (χ3n) is 3.98. The first kappa shape index (κ1) is 17.3. The number of thioether (sulfide) groups is 1. The van der Waals surface area contributed by atoms with Gasteiger partial charge in [-0.1, -0.05) is 42.1 Å². The van der Waals surface area contributed by atoms with Crippen molar-refractivity contribution in [3.63, 3.8) is 0 Å². The molecule has 7 heteroatoms. The van der Waals surface area contributed by atoms with Crippen molar-refractivity contribution in [3.05, 3.63) is 65.7 Å². The summed E-state index contributed by atoms with van der Waals surface area (Å²) in [6.45, 7) is 0.539. The van der Waals surface area contributed by atoms with Crippen LogP contribution in [0.1, 0.15) is 17.1 Å². The van der Waals surface area contributed by atoms with Crippen LogP contribution in [-0.2, 0) is 31.9 Å². The smallest absolute Gasteiger partial charge is 0.230 e. The molecule has 130 valence electrons. The van der Waals surface area contributed by atoms with Gasteiger partial charge >= 0.3 is 0 Å². The van der Waals surface area contributed by atoms with E-state index in [4.69, 9.17) is 0 Å². The van der Waals surface area contributed by atoms with Crippen LogP contribution >= 0.6 is 11.8 Å². The SMILES string of the molecule is Cn1cccc1Cc1nnc(SCC(=O)NCc2ccccc2)n1C. The largest absolute Gasteiger partial charge is 0.354 e. The van der Waals surface area contributed by atoms with Gasteiger partial charge in [-0.05, 0) is 17.7 Å². The molecule has 0 unspecified atom stereocenters. The Morgan fingerprint density at radius 2 is 1.92 bits per heavy atom. The summed E-state index contributed by atoms with van der Waals surface area (Å²) < 4.78 is 4.01. The van der Waals surface area contributed by atoms with Gasteiger partial charge < -0.3 is 14.5 Å². The molecule has 3 rings (SSSR count). The zero-order chi connectivity index (χ0) is 17.6. The number of carbonyl (C=O) groups is 1. The molecule has 1 amide bonds. The Morgan fingerprint density at radius 3 is 2.64 bits per heavy atom. The van der Waals surface area contributed by atoms with Crippen molar-refractivity contribution in [3.8, 4) is 0 Å². The van der Waals surface area contributed by atoms with E-state index < -0.39 is 0 Å². The van der Waals surface area contributed by atoms with Crippen LogP contribution in [0.25, 0.3) is 0 Å². The standard InChI is InChI=1S/C18H21N5OS/c1-22-10-6-9-15(22)11-16-20-21-18(23(16)2)25-13-17(24)19-12-14-7-4-3-5-8-14/h3-10H,11-13H2,1-2H3,(H,19,24). The molecule has 0 aliphatic rings. The van der Waals surface area contributed by atoms with Crippen molar-refractivity contribution in [2.45, 2.75) is 18.1 Å². The van der Waals surface area contributed by atoms with E-state index in [1.807, 2.05) is 61.3 Å². The molecular formula is C18H21N5OS. The third-order valence-corrected chi connectivity index (χ3v) is 5.00. The van der Waals surface area contributed by atoms with Gasteiger partial charge in [-0.15, -0.1) is 10.2 Å². The average molecular weight is 355 g/mol. The van der Waals surface area contributed by atoms with Crippen molar-refractivity contribution in [2.24, 2.45) is 14.1 Å². The van der Waals surface area contributed by atoms with Gasteiger partial charge in [-0.25, -0.2) is 0 Å². The fourth-order valence-corrected chi connectivity index (χ4v) is 3.20. The quantitative estimate of drug-likeness (QED) is 0.660. The Bertz CT molecular complexity index is 840. The fourth-order valence-electron chi connectivity index (χ4n) is 2.44. The molecule has 0 aliphatic heterocycles. The van der Waals surface area contributed by atoms with Crippen LogP contribution in [0.3, 0.4) is 0 Å². The Hall–Kier alpha value is -2.54. The molecule has 1 aromatic carbocycles. The number of nitrogens with one attached hydrogen (secondary N) is 1. The molecule has 0 spiro atoms. The van der Waals surface area contributed by atoms with Gasteiger partial charge in [-0.2, -0.15) is 0 Å². The van der Waals surface area contributed by atoms with Crippen molar-refractivity contribution >= 4 is 17.7 Å². The third kappa shape index (κ3) is 4.51. The second-order valence-corrected chi connectivity index (χ2v) is 6.74. The molecule has 0 aliphatic carbocycles. The van der Waals surface area contributed by atoms with E-state index in [0.29, 0.717) is 18.7 Å². The molecular weight excluding hydrogens is 334 g/mol.